The third-order valence-electron chi connectivity index (χ3n) is 6.17. The van der Waals surface area contributed by atoms with E-state index in [0.717, 1.165) is 16.7 Å². The van der Waals surface area contributed by atoms with Crippen molar-refractivity contribution in [2.45, 2.75) is 13.3 Å². The minimum Gasteiger partial charge on any atom is -0.494 e. The summed E-state index contributed by atoms with van der Waals surface area (Å²) in [6.07, 6.45) is 1.71. The largest absolute Gasteiger partial charge is 0.494 e. The molecule has 10 nitrogen and oxygen atoms in total. The molecule has 2 aromatic carbocycles. The molecule has 2 aromatic rings. The van der Waals surface area contributed by atoms with Crippen molar-refractivity contribution in [1.82, 2.24) is 10.2 Å². The molecule has 200 valence electrons. The van der Waals surface area contributed by atoms with Crippen molar-refractivity contribution in [1.29, 1.82) is 0 Å². The van der Waals surface area contributed by atoms with Crippen LogP contribution in [-0.4, -0.2) is 68.3 Å². The lowest BCUT2D eigenvalue weighted by molar-refractivity contribution is -0.127. The molecule has 0 unspecified atom stereocenters. The zero-order chi connectivity index (χ0) is 27.2. The zero-order valence-electron chi connectivity index (χ0n) is 21.4. The number of rotatable bonds is 10. The maximum Gasteiger partial charge on any atom is 0.293 e. The number of methoxy groups -OCH3 is 2. The fourth-order valence-electron chi connectivity index (χ4n) is 4.24. The Balaban J connectivity index is 1.30. The number of hydrogen-bond acceptors (Lipinski definition) is 8. The molecule has 0 spiro atoms. The Morgan fingerprint density at radius 2 is 1.82 bits per heavy atom. The summed E-state index contributed by atoms with van der Waals surface area (Å²) in [5.41, 5.74) is 1.39. The molecule has 4 rings (SSSR count). The molecule has 11 heteroatoms. The van der Waals surface area contributed by atoms with Gasteiger partial charge in [-0.05, 0) is 66.7 Å². The van der Waals surface area contributed by atoms with Crippen LogP contribution in [0.1, 0.15) is 18.9 Å². The highest BCUT2D eigenvalue weighted by Gasteiger charge is 2.37. The minimum atomic E-state index is -0.520. The zero-order valence-corrected chi connectivity index (χ0v) is 22.2. The monoisotopic (exact) mass is 539 g/mol. The molecule has 0 radical (unpaired) electrons. The summed E-state index contributed by atoms with van der Waals surface area (Å²) >= 11 is 0.840. The molecular formula is C27H29N3O7S. The topological polar surface area (TPSA) is 114 Å². The first-order valence-corrected chi connectivity index (χ1v) is 12.9. The number of carbonyl (C=O) groups excluding carboxylic acids is 4. The number of ether oxygens (including phenoxy) is 3. The Kier molecular flexibility index (Phi) is 8.57. The van der Waals surface area contributed by atoms with Gasteiger partial charge in [0.1, 0.15) is 5.75 Å². The van der Waals surface area contributed by atoms with Crippen LogP contribution in [-0.2, 0) is 14.4 Å². The Hall–Kier alpha value is -3.99. The lowest BCUT2D eigenvalue weighted by Gasteiger charge is -2.18. The van der Waals surface area contributed by atoms with Gasteiger partial charge in [-0.2, -0.15) is 0 Å². The van der Waals surface area contributed by atoms with E-state index in [1.165, 1.54) is 14.2 Å². The molecular weight excluding hydrogens is 510 g/mol. The van der Waals surface area contributed by atoms with Crippen molar-refractivity contribution < 1.29 is 33.4 Å². The van der Waals surface area contributed by atoms with E-state index in [1.807, 2.05) is 6.92 Å². The fourth-order valence-corrected chi connectivity index (χ4v) is 5.11. The van der Waals surface area contributed by atoms with Gasteiger partial charge >= 0.3 is 0 Å². The third kappa shape index (κ3) is 5.94. The maximum absolute atomic E-state index is 12.8. The number of nitrogens with one attached hydrogen (secondary N) is 1. The van der Waals surface area contributed by atoms with Gasteiger partial charge in [0.25, 0.3) is 11.1 Å². The molecule has 2 heterocycles. The van der Waals surface area contributed by atoms with Crippen LogP contribution >= 0.6 is 11.8 Å². The van der Waals surface area contributed by atoms with E-state index in [4.69, 9.17) is 14.2 Å². The number of amides is 4. The molecule has 0 saturated carbocycles. The Morgan fingerprint density at radius 1 is 1.08 bits per heavy atom. The van der Waals surface area contributed by atoms with Crippen LogP contribution in [0, 0.1) is 5.92 Å². The molecule has 0 bridgehead atoms. The van der Waals surface area contributed by atoms with Gasteiger partial charge in [0.15, 0.2) is 11.5 Å². The summed E-state index contributed by atoms with van der Waals surface area (Å²) in [6.45, 7) is 2.82. The second-order valence-electron chi connectivity index (χ2n) is 8.57. The number of benzene rings is 2. The highest BCUT2D eigenvalue weighted by molar-refractivity contribution is 8.18. The van der Waals surface area contributed by atoms with Gasteiger partial charge in [0.05, 0.1) is 31.6 Å². The Morgan fingerprint density at radius 3 is 2.50 bits per heavy atom. The summed E-state index contributed by atoms with van der Waals surface area (Å²) in [7, 11) is 3.05. The van der Waals surface area contributed by atoms with Gasteiger partial charge in [-0.25, -0.2) is 0 Å². The summed E-state index contributed by atoms with van der Waals surface area (Å²) < 4.78 is 15.9. The average molecular weight is 540 g/mol. The predicted octanol–water partition coefficient (Wildman–Crippen LogP) is 3.31. The van der Waals surface area contributed by atoms with E-state index in [9.17, 15) is 19.2 Å². The summed E-state index contributed by atoms with van der Waals surface area (Å²) in [6, 6.07) is 12.3. The van der Waals surface area contributed by atoms with Crippen molar-refractivity contribution in [3.05, 3.63) is 52.9 Å². The van der Waals surface area contributed by atoms with Crippen molar-refractivity contribution in [3.63, 3.8) is 0 Å². The van der Waals surface area contributed by atoms with Crippen LogP contribution in [0.15, 0.2) is 47.4 Å². The van der Waals surface area contributed by atoms with Crippen LogP contribution < -0.4 is 24.4 Å². The molecule has 2 aliphatic heterocycles. The number of hydrogen-bond donors (Lipinski definition) is 1. The number of imide groups is 1. The number of carbonyl (C=O) groups is 4. The minimum absolute atomic E-state index is 0.0307. The number of thioether (sulfide) groups is 1. The number of anilines is 1. The Labute approximate surface area is 224 Å². The van der Waals surface area contributed by atoms with Crippen LogP contribution in [0.4, 0.5) is 10.5 Å². The second kappa shape index (κ2) is 12.0. The smallest absolute Gasteiger partial charge is 0.293 e. The quantitative estimate of drug-likeness (QED) is 0.458. The van der Waals surface area contributed by atoms with Crippen LogP contribution in [0.3, 0.4) is 0 Å². The SMILES string of the molecule is CCOc1ccc(N2C[C@@H](C(=O)NCCN3C(=O)S/C(=C\c4ccc(OC)c(OC)c4)C3=O)CC2=O)cc1. The van der Waals surface area contributed by atoms with Gasteiger partial charge < -0.3 is 24.4 Å². The average Bonchev–Trinajstić information content (AvgIpc) is 3.43. The van der Waals surface area contributed by atoms with Gasteiger partial charge in [0, 0.05) is 31.7 Å². The third-order valence-corrected chi connectivity index (χ3v) is 7.08. The van der Waals surface area contributed by atoms with Crippen LogP contribution in [0.2, 0.25) is 0 Å². The summed E-state index contributed by atoms with van der Waals surface area (Å²) in [5.74, 6) is 0.397. The van der Waals surface area contributed by atoms with E-state index in [-0.39, 0.29) is 42.8 Å². The van der Waals surface area contributed by atoms with Crippen molar-refractivity contribution in [2.75, 3.05) is 45.4 Å². The van der Waals surface area contributed by atoms with Crippen molar-refractivity contribution in [3.8, 4) is 17.2 Å². The normalized spacial score (nSPS) is 18.3. The Bertz CT molecular complexity index is 1260. The van der Waals surface area contributed by atoms with Crippen molar-refractivity contribution >= 4 is 46.5 Å². The van der Waals surface area contributed by atoms with Crippen LogP contribution in [0.25, 0.3) is 6.08 Å². The molecule has 0 aromatic heterocycles. The van der Waals surface area contributed by atoms with Gasteiger partial charge in [-0.3, -0.25) is 24.1 Å². The molecule has 2 saturated heterocycles. The molecule has 2 fully saturated rings. The lowest BCUT2D eigenvalue weighted by atomic mass is 10.1. The van der Waals surface area contributed by atoms with Gasteiger partial charge in [0.2, 0.25) is 11.8 Å². The molecule has 38 heavy (non-hydrogen) atoms. The second-order valence-corrected chi connectivity index (χ2v) is 9.56. The molecule has 1 N–H and O–H groups in total. The predicted molar refractivity (Wildman–Crippen MR) is 143 cm³/mol. The highest BCUT2D eigenvalue weighted by Crippen LogP contribution is 2.34. The van der Waals surface area contributed by atoms with Gasteiger partial charge in [-0.15, -0.1) is 0 Å². The summed E-state index contributed by atoms with van der Waals surface area (Å²) in [4.78, 5) is 53.5. The van der Waals surface area contributed by atoms with E-state index >= 15 is 0 Å². The van der Waals surface area contributed by atoms with E-state index in [0.29, 0.717) is 35.1 Å². The maximum atomic E-state index is 12.8. The first-order valence-electron chi connectivity index (χ1n) is 12.1. The van der Waals surface area contributed by atoms with Gasteiger partial charge in [-0.1, -0.05) is 6.07 Å². The highest BCUT2D eigenvalue weighted by atomic mass is 32.2. The molecule has 4 amide bonds. The standard InChI is InChI=1S/C27H29N3O7S/c1-4-37-20-8-6-19(7-9-20)30-16-18(15-24(30)31)25(32)28-11-12-29-26(33)23(38-27(29)34)14-17-5-10-21(35-2)22(13-17)36-3/h5-10,13-14,18H,4,11-12,15-16H2,1-3H3,(H,28,32)/b23-14-/t18-/m0/s1. The first-order chi connectivity index (χ1) is 18.3. The first kappa shape index (κ1) is 27.1. The van der Waals surface area contributed by atoms with E-state index in [2.05, 4.69) is 5.32 Å². The molecule has 0 aliphatic carbocycles. The van der Waals surface area contributed by atoms with Crippen molar-refractivity contribution in [2.24, 2.45) is 5.92 Å². The number of nitrogens with zero attached hydrogens (tertiary/aromatic N) is 2. The fraction of sp³-hybridized carbons (Fsp3) is 0.333. The van der Waals surface area contributed by atoms with Crippen LogP contribution in [0.5, 0.6) is 17.2 Å². The molecule has 1 atom stereocenters. The lowest BCUT2D eigenvalue weighted by Crippen LogP contribution is -2.40. The molecule has 2 aliphatic rings. The van der Waals surface area contributed by atoms with E-state index < -0.39 is 17.1 Å². The summed E-state index contributed by atoms with van der Waals surface area (Å²) in [5, 5.41) is 2.35. The van der Waals surface area contributed by atoms with E-state index in [1.54, 1.807) is 53.4 Å².